The molecule has 0 radical (unpaired) electrons. The van der Waals surface area contributed by atoms with E-state index >= 15 is 0 Å². The lowest BCUT2D eigenvalue weighted by atomic mass is 10.2. The summed E-state index contributed by atoms with van der Waals surface area (Å²) in [5, 5.41) is 9.49. The second-order valence-corrected chi connectivity index (χ2v) is 6.97. The maximum Gasteiger partial charge on any atom is 0.335 e. The van der Waals surface area contributed by atoms with Gasteiger partial charge in [-0.2, -0.15) is 0 Å². The van der Waals surface area contributed by atoms with Crippen LogP contribution in [0.4, 0.5) is 5.69 Å². The molecule has 1 fully saturated rings. The minimum atomic E-state index is -1.02. The Balaban J connectivity index is 1.92. The standard InChI is InChI=1S/C17H10ClNO3S2/c18-13-4-2-1-3-11(13)9-14-15(20)19(17(23)24-14)12-7-5-10(6-8-12)16(21)22/h1-9H,(H,21,22)/b14-9+. The van der Waals surface area contributed by atoms with Gasteiger partial charge in [-0.05, 0) is 42.0 Å². The number of anilines is 1. The molecular weight excluding hydrogens is 366 g/mol. The van der Waals surface area contributed by atoms with Crippen molar-refractivity contribution in [2.45, 2.75) is 0 Å². The van der Waals surface area contributed by atoms with E-state index in [0.29, 0.717) is 19.9 Å². The molecule has 1 amide bonds. The lowest BCUT2D eigenvalue weighted by Crippen LogP contribution is -2.27. The molecule has 0 bridgehead atoms. The van der Waals surface area contributed by atoms with Crippen LogP contribution in [-0.4, -0.2) is 21.3 Å². The van der Waals surface area contributed by atoms with E-state index in [1.54, 1.807) is 24.3 Å². The van der Waals surface area contributed by atoms with Crippen LogP contribution in [-0.2, 0) is 4.79 Å². The largest absolute Gasteiger partial charge is 0.478 e. The number of thiocarbonyl (C=S) groups is 1. The van der Waals surface area contributed by atoms with E-state index < -0.39 is 5.97 Å². The van der Waals surface area contributed by atoms with Gasteiger partial charge >= 0.3 is 5.97 Å². The number of aromatic carboxylic acids is 1. The molecule has 0 spiro atoms. The summed E-state index contributed by atoms with van der Waals surface area (Å²) in [5.74, 6) is -1.28. The van der Waals surface area contributed by atoms with Crippen LogP contribution in [0.25, 0.3) is 6.08 Å². The highest BCUT2D eigenvalue weighted by Gasteiger charge is 2.33. The minimum Gasteiger partial charge on any atom is -0.478 e. The number of amides is 1. The predicted molar refractivity (Wildman–Crippen MR) is 101 cm³/mol. The Labute approximate surface area is 152 Å². The van der Waals surface area contributed by atoms with Gasteiger partial charge in [0, 0.05) is 5.02 Å². The molecule has 0 atom stereocenters. The first-order valence-electron chi connectivity index (χ1n) is 6.83. The summed E-state index contributed by atoms with van der Waals surface area (Å²) >= 11 is 12.6. The molecule has 3 rings (SSSR count). The van der Waals surface area contributed by atoms with E-state index in [4.69, 9.17) is 28.9 Å². The van der Waals surface area contributed by atoms with Crippen LogP contribution < -0.4 is 4.90 Å². The Kier molecular flexibility index (Phi) is 4.71. The highest BCUT2D eigenvalue weighted by atomic mass is 35.5. The van der Waals surface area contributed by atoms with Crippen molar-refractivity contribution in [1.82, 2.24) is 0 Å². The van der Waals surface area contributed by atoms with Crippen LogP contribution in [0.2, 0.25) is 5.02 Å². The summed E-state index contributed by atoms with van der Waals surface area (Å²) < 4.78 is 0.390. The molecule has 4 nitrogen and oxygen atoms in total. The van der Waals surface area contributed by atoms with Gasteiger partial charge < -0.3 is 5.11 Å². The number of benzene rings is 2. The van der Waals surface area contributed by atoms with E-state index in [1.165, 1.54) is 28.8 Å². The number of nitrogens with zero attached hydrogens (tertiary/aromatic N) is 1. The minimum absolute atomic E-state index is 0.149. The fraction of sp³-hybridized carbons (Fsp3) is 0. The monoisotopic (exact) mass is 375 g/mol. The lowest BCUT2D eigenvalue weighted by Gasteiger charge is -2.14. The lowest BCUT2D eigenvalue weighted by molar-refractivity contribution is -0.113. The van der Waals surface area contributed by atoms with Crippen LogP contribution in [0.5, 0.6) is 0 Å². The van der Waals surface area contributed by atoms with Gasteiger partial charge in [0.15, 0.2) is 4.32 Å². The Morgan fingerprint density at radius 1 is 1.17 bits per heavy atom. The van der Waals surface area contributed by atoms with Gasteiger partial charge in [-0.3, -0.25) is 9.69 Å². The number of carbonyl (C=O) groups excluding carboxylic acids is 1. The van der Waals surface area contributed by atoms with E-state index in [-0.39, 0.29) is 11.5 Å². The van der Waals surface area contributed by atoms with Crippen molar-refractivity contribution >= 4 is 63.5 Å². The van der Waals surface area contributed by atoms with Crippen molar-refractivity contribution in [2.75, 3.05) is 4.90 Å². The maximum absolute atomic E-state index is 12.6. The van der Waals surface area contributed by atoms with Crippen molar-refractivity contribution in [2.24, 2.45) is 0 Å². The normalized spacial score (nSPS) is 16.0. The molecule has 2 aromatic rings. The molecule has 24 heavy (non-hydrogen) atoms. The predicted octanol–water partition coefficient (Wildman–Crippen LogP) is 4.44. The third-order valence-electron chi connectivity index (χ3n) is 3.36. The Morgan fingerprint density at radius 3 is 2.46 bits per heavy atom. The fourth-order valence-corrected chi connectivity index (χ4v) is 3.66. The van der Waals surface area contributed by atoms with E-state index in [2.05, 4.69) is 0 Å². The van der Waals surface area contributed by atoms with Crippen molar-refractivity contribution in [3.05, 3.63) is 69.6 Å². The average Bonchev–Trinajstić information content (AvgIpc) is 2.84. The number of hydrogen-bond donors (Lipinski definition) is 1. The van der Waals surface area contributed by atoms with Crippen LogP contribution in [0, 0.1) is 0 Å². The van der Waals surface area contributed by atoms with Gasteiger partial charge in [0.2, 0.25) is 0 Å². The van der Waals surface area contributed by atoms with Gasteiger partial charge in [-0.15, -0.1) is 0 Å². The quantitative estimate of drug-likeness (QED) is 0.634. The zero-order valence-corrected chi connectivity index (χ0v) is 14.5. The summed E-state index contributed by atoms with van der Waals surface area (Å²) in [6.07, 6.45) is 1.70. The van der Waals surface area contributed by atoms with Crippen molar-refractivity contribution in [3.8, 4) is 0 Å². The maximum atomic E-state index is 12.6. The molecule has 1 N–H and O–H groups in total. The van der Waals surface area contributed by atoms with Crippen LogP contribution in [0.3, 0.4) is 0 Å². The number of rotatable bonds is 3. The first kappa shape index (κ1) is 16.7. The first-order chi connectivity index (χ1) is 11.5. The molecule has 2 aromatic carbocycles. The summed E-state index contributed by atoms with van der Waals surface area (Å²) in [7, 11) is 0. The zero-order chi connectivity index (χ0) is 17.3. The van der Waals surface area contributed by atoms with Crippen LogP contribution in [0.1, 0.15) is 15.9 Å². The van der Waals surface area contributed by atoms with Gasteiger partial charge in [0.05, 0.1) is 16.2 Å². The molecule has 7 heteroatoms. The Hall–Kier alpha value is -2.15. The van der Waals surface area contributed by atoms with Gasteiger partial charge in [-0.1, -0.05) is 53.8 Å². The van der Waals surface area contributed by atoms with Crippen molar-refractivity contribution in [3.63, 3.8) is 0 Å². The van der Waals surface area contributed by atoms with E-state index in [1.807, 2.05) is 18.2 Å². The van der Waals surface area contributed by atoms with Gasteiger partial charge in [-0.25, -0.2) is 4.79 Å². The van der Waals surface area contributed by atoms with Crippen molar-refractivity contribution in [1.29, 1.82) is 0 Å². The smallest absolute Gasteiger partial charge is 0.335 e. The molecule has 0 unspecified atom stereocenters. The molecule has 1 heterocycles. The Morgan fingerprint density at radius 2 is 1.83 bits per heavy atom. The van der Waals surface area contributed by atoms with Gasteiger partial charge in [0.1, 0.15) is 0 Å². The Bertz CT molecular complexity index is 878. The highest BCUT2D eigenvalue weighted by molar-refractivity contribution is 8.27. The van der Waals surface area contributed by atoms with E-state index in [0.717, 1.165) is 5.56 Å². The van der Waals surface area contributed by atoms with E-state index in [9.17, 15) is 9.59 Å². The number of carbonyl (C=O) groups is 2. The molecule has 1 aliphatic heterocycles. The average molecular weight is 376 g/mol. The highest BCUT2D eigenvalue weighted by Crippen LogP contribution is 2.36. The second kappa shape index (κ2) is 6.76. The zero-order valence-electron chi connectivity index (χ0n) is 12.1. The molecule has 0 aliphatic carbocycles. The van der Waals surface area contributed by atoms with Crippen molar-refractivity contribution < 1.29 is 14.7 Å². The summed E-state index contributed by atoms with van der Waals surface area (Å²) in [6, 6.07) is 13.2. The third kappa shape index (κ3) is 3.21. The molecule has 120 valence electrons. The molecule has 0 aromatic heterocycles. The molecule has 1 aliphatic rings. The van der Waals surface area contributed by atoms with Crippen LogP contribution >= 0.6 is 35.6 Å². The first-order valence-corrected chi connectivity index (χ1v) is 8.43. The third-order valence-corrected chi connectivity index (χ3v) is 5.00. The summed E-state index contributed by atoms with van der Waals surface area (Å²) in [5.41, 5.74) is 1.42. The summed E-state index contributed by atoms with van der Waals surface area (Å²) in [4.78, 5) is 25.4. The molecule has 1 saturated heterocycles. The molecule has 0 saturated carbocycles. The number of carboxylic acid groups (broad SMARTS) is 1. The summed E-state index contributed by atoms with van der Waals surface area (Å²) in [6.45, 7) is 0. The number of halogens is 1. The SMILES string of the molecule is O=C(O)c1ccc(N2C(=O)/C(=C\c3ccccc3Cl)SC2=S)cc1. The number of hydrogen-bond acceptors (Lipinski definition) is 4. The van der Waals surface area contributed by atoms with Gasteiger partial charge in [0.25, 0.3) is 5.91 Å². The second-order valence-electron chi connectivity index (χ2n) is 4.89. The number of thioether (sulfide) groups is 1. The fourth-order valence-electron chi connectivity index (χ4n) is 2.18. The van der Waals surface area contributed by atoms with Crippen LogP contribution in [0.15, 0.2) is 53.4 Å². The number of carboxylic acids is 1. The topological polar surface area (TPSA) is 57.6 Å². The molecular formula is C17H10ClNO3S2.